The van der Waals surface area contributed by atoms with Crippen LogP contribution in [0.15, 0.2) is 12.3 Å². The first kappa shape index (κ1) is 9.01. The predicted octanol–water partition coefficient (Wildman–Crippen LogP) is 0.202. The van der Waals surface area contributed by atoms with Gasteiger partial charge in [0, 0.05) is 0 Å². The van der Waals surface area contributed by atoms with Gasteiger partial charge in [-0.25, -0.2) is 4.79 Å². The Morgan fingerprint density at radius 1 is 1.50 bits per heavy atom. The molecule has 0 amide bonds. The molecule has 0 radical (unpaired) electrons. The van der Waals surface area contributed by atoms with Gasteiger partial charge in [0.15, 0.2) is 0 Å². The van der Waals surface area contributed by atoms with Gasteiger partial charge in [0.05, 0.1) is 0 Å². The lowest BCUT2D eigenvalue weighted by molar-refractivity contribution is -0.304. The number of carbonyl (C=O) groups is 1. The highest BCUT2D eigenvalue weighted by Gasteiger charge is 2.14. The van der Waals surface area contributed by atoms with Gasteiger partial charge in [-0.2, -0.15) is 0 Å². The molecule has 0 aliphatic carbocycles. The molecule has 0 aliphatic rings. The summed E-state index contributed by atoms with van der Waals surface area (Å²) in [5, 5.41) is 10.2. The first-order valence-electron chi connectivity index (χ1n) is 2.92. The Morgan fingerprint density at radius 3 is 2.00 bits per heavy atom. The van der Waals surface area contributed by atoms with Crippen molar-refractivity contribution < 1.29 is 14.6 Å². The summed E-state index contributed by atoms with van der Waals surface area (Å²) < 4.78 is 4.65. The molecule has 3 nitrogen and oxygen atoms in total. The number of carbonyl (C=O) groups excluding carboxylic acids is 1. The molecule has 58 valence electrons. The van der Waals surface area contributed by atoms with E-state index in [9.17, 15) is 9.90 Å². The minimum Gasteiger partial charge on any atom is -0.868 e. The van der Waals surface area contributed by atoms with Crippen molar-refractivity contribution in [2.45, 2.75) is 26.4 Å². The number of rotatable bonds is 1. The number of esters is 1. The van der Waals surface area contributed by atoms with E-state index in [4.69, 9.17) is 0 Å². The molecule has 0 spiro atoms. The Morgan fingerprint density at radius 2 is 1.90 bits per heavy atom. The first-order valence-corrected chi connectivity index (χ1v) is 2.92. The van der Waals surface area contributed by atoms with E-state index in [1.807, 2.05) is 0 Å². The Bertz CT molecular complexity index is 153. The Kier molecular flexibility index (Phi) is 2.46. The van der Waals surface area contributed by atoms with Crippen molar-refractivity contribution in [3.05, 3.63) is 12.3 Å². The normalized spacial score (nSPS) is 10.7. The lowest BCUT2D eigenvalue weighted by atomic mass is 10.2. The molecule has 0 aromatic heterocycles. The van der Waals surface area contributed by atoms with Crippen LogP contribution >= 0.6 is 0 Å². The molecule has 0 heterocycles. The maximum absolute atomic E-state index is 10.5. The second-order valence-corrected chi connectivity index (χ2v) is 2.93. The fourth-order valence-corrected chi connectivity index (χ4v) is 0.335. The van der Waals surface area contributed by atoms with Crippen molar-refractivity contribution in [1.82, 2.24) is 0 Å². The molecule has 0 aliphatic heterocycles. The van der Waals surface area contributed by atoms with E-state index in [1.165, 1.54) is 0 Å². The summed E-state index contributed by atoms with van der Waals surface area (Å²) in [5.74, 6) is -1.69. The molecule has 0 saturated carbocycles. The maximum Gasteiger partial charge on any atom is 0.322 e. The van der Waals surface area contributed by atoms with Crippen molar-refractivity contribution in [2.75, 3.05) is 0 Å². The van der Waals surface area contributed by atoms with Crippen molar-refractivity contribution in [2.24, 2.45) is 0 Å². The summed E-state index contributed by atoms with van der Waals surface area (Å²) in [6.45, 7) is 7.97. The van der Waals surface area contributed by atoms with Gasteiger partial charge < -0.3 is 9.84 Å². The van der Waals surface area contributed by atoms with Crippen molar-refractivity contribution in [3.63, 3.8) is 0 Å². The average molecular weight is 143 g/mol. The van der Waals surface area contributed by atoms with Crippen LogP contribution in [0, 0.1) is 0 Å². The van der Waals surface area contributed by atoms with E-state index >= 15 is 0 Å². The van der Waals surface area contributed by atoms with E-state index in [1.54, 1.807) is 20.8 Å². The van der Waals surface area contributed by atoms with Crippen LogP contribution in [0.5, 0.6) is 0 Å². The lowest BCUT2D eigenvalue weighted by Crippen LogP contribution is -2.27. The average Bonchev–Trinajstić information content (AvgIpc) is 1.60. The van der Waals surface area contributed by atoms with E-state index in [-0.39, 0.29) is 0 Å². The van der Waals surface area contributed by atoms with E-state index < -0.39 is 17.3 Å². The third-order valence-electron chi connectivity index (χ3n) is 0.627. The molecule has 0 atom stereocenters. The van der Waals surface area contributed by atoms with Crippen LogP contribution in [-0.2, 0) is 9.53 Å². The van der Waals surface area contributed by atoms with E-state index in [0.29, 0.717) is 0 Å². The highest BCUT2D eigenvalue weighted by Crippen LogP contribution is 2.07. The standard InChI is InChI=1S/C7H12O3/c1-5(8)6(9)10-7(2,3)4/h8H,1H2,2-4H3/p-1. The second kappa shape index (κ2) is 2.73. The molecule has 0 aromatic rings. The zero-order chi connectivity index (χ0) is 8.36. The molecule has 0 aromatic carbocycles. The van der Waals surface area contributed by atoms with Gasteiger partial charge in [-0.15, -0.1) is 0 Å². The fraction of sp³-hybridized carbons (Fsp3) is 0.571. The van der Waals surface area contributed by atoms with E-state index in [0.717, 1.165) is 0 Å². The predicted molar refractivity (Wildman–Crippen MR) is 35.0 cm³/mol. The number of ether oxygens (including phenoxy) is 1. The van der Waals surface area contributed by atoms with Gasteiger partial charge in [0.2, 0.25) is 0 Å². The van der Waals surface area contributed by atoms with Crippen LogP contribution in [0.2, 0.25) is 0 Å². The van der Waals surface area contributed by atoms with Crippen LogP contribution in [-0.4, -0.2) is 11.6 Å². The third kappa shape index (κ3) is 3.95. The minimum atomic E-state index is -0.882. The SMILES string of the molecule is C=C([O-])C(=O)OC(C)(C)C. The number of hydrogen-bond acceptors (Lipinski definition) is 3. The molecule has 0 saturated heterocycles. The quantitative estimate of drug-likeness (QED) is 0.299. The van der Waals surface area contributed by atoms with E-state index in [2.05, 4.69) is 11.3 Å². The Labute approximate surface area is 60.3 Å². The smallest absolute Gasteiger partial charge is 0.322 e. The fourth-order valence-electron chi connectivity index (χ4n) is 0.335. The molecular weight excluding hydrogens is 132 g/mol. The second-order valence-electron chi connectivity index (χ2n) is 2.93. The molecule has 10 heavy (non-hydrogen) atoms. The van der Waals surface area contributed by atoms with Gasteiger partial charge >= 0.3 is 5.97 Å². The highest BCUT2D eigenvalue weighted by molar-refractivity contribution is 5.84. The highest BCUT2D eigenvalue weighted by atomic mass is 16.6. The summed E-state index contributed by atoms with van der Waals surface area (Å²) in [6, 6.07) is 0. The van der Waals surface area contributed by atoms with Crippen LogP contribution < -0.4 is 5.11 Å². The zero-order valence-corrected chi connectivity index (χ0v) is 6.43. The van der Waals surface area contributed by atoms with Gasteiger partial charge in [0.1, 0.15) is 5.60 Å². The van der Waals surface area contributed by atoms with Crippen LogP contribution in [0.3, 0.4) is 0 Å². The zero-order valence-electron chi connectivity index (χ0n) is 6.43. The molecule has 0 rings (SSSR count). The number of hydrogen-bond donors (Lipinski definition) is 0. The van der Waals surface area contributed by atoms with Crippen molar-refractivity contribution >= 4 is 5.97 Å². The molecule has 0 N–H and O–H groups in total. The summed E-state index contributed by atoms with van der Waals surface area (Å²) in [4.78, 5) is 10.5. The molecule has 0 unspecified atom stereocenters. The van der Waals surface area contributed by atoms with Gasteiger partial charge in [-0.3, -0.25) is 0 Å². The molecule has 0 fully saturated rings. The van der Waals surface area contributed by atoms with Gasteiger partial charge in [-0.05, 0) is 26.5 Å². The Balaban J connectivity index is 3.93. The lowest BCUT2D eigenvalue weighted by Gasteiger charge is -2.21. The third-order valence-corrected chi connectivity index (χ3v) is 0.627. The summed E-state index contributed by atoms with van der Waals surface area (Å²) in [7, 11) is 0. The monoisotopic (exact) mass is 143 g/mol. The summed E-state index contributed by atoms with van der Waals surface area (Å²) in [6.07, 6.45) is 0. The van der Waals surface area contributed by atoms with Crippen LogP contribution in [0.25, 0.3) is 0 Å². The Hall–Kier alpha value is -0.990. The summed E-state index contributed by atoms with van der Waals surface area (Å²) >= 11 is 0. The van der Waals surface area contributed by atoms with Crippen LogP contribution in [0.4, 0.5) is 0 Å². The largest absolute Gasteiger partial charge is 0.868 e. The van der Waals surface area contributed by atoms with Gasteiger partial charge in [-0.1, -0.05) is 6.58 Å². The maximum atomic E-state index is 10.5. The van der Waals surface area contributed by atoms with Crippen LogP contribution in [0.1, 0.15) is 20.8 Å². The minimum absolute atomic E-state index is 0.607. The first-order chi connectivity index (χ1) is 4.33. The van der Waals surface area contributed by atoms with Crippen molar-refractivity contribution in [3.8, 4) is 0 Å². The molecule has 0 bridgehead atoms. The molecular formula is C7H11O3-. The van der Waals surface area contributed by atoms with Crippen molar-refractivity contribution in [1.29, 1.82) is 0 Å². The molecule has 3 heteroatoms. The van der Waals surface area contributed by atoms with Gasteiger partial charge in [0.25, 0.3) is 0 Å². The summed E-state index contributed by atoms with van der Waals surface area (Å²) in [5.41, 5.74) is -0.607. The topological polar surface area (TPSA) is 49.4 Å².